The van der Waals surface area contributed by atoms with Crippen LogP contribution >= 0.6 is 0 Å². The molecule has 0 unspecified atom stereocenters. The zero-order valence-electron chi connectivity index (χ0n) is 16.4. The standard InChI is InChI=1S/C19H31N5O2/c1-6-20-19(21-12-11-17(25)23-14(2)3)22-13-15-7-9-16(10-8-15)18(26)24(4)5/h7-10,14H,6,11-13H2,1-5H3,(H,23,25)(H2,20,21,22). The summed E-state index contributed by atoms with van der Waals surface area (Å²) in [6.45, 7) is 7.61. The Balaban J connectivity index is 2.57. The molecule has 2 amide bonds. The summed E-state index contributed by atoms with van der Waals surface area (Å²) < 4.78 is 0. The molecule has 7 nitrogen and oxygen atoms in total. The molecule has 0 atom stereocenters. The molecule has 7 heteroatoms. The highest BCUT2D eigenvalue weighted by molar-refractivity contribution is 5.93. The van der Waals surface area contributed by atoms with Gasteiger partial charge < -0.3 is 20.9 Å². The number of carbonyl (C=O) groups excluding carboxylic acids is 2. The van der Waals surface area contributed by atoms with Crippen LogP contribution in [-0.2, 0) is 11.3 Å². The second-order valence-corrected chi connectivity index (χ2v) is 6.49. The number of nitrogens with zero attached hydrogens (tertiary/aromatic N) is 2. The number of hydrogen-bond acceptors (Lipinski definition) is 3. The highest BCUT2D eigenvalue weighted by atomic mass is 16.2. The lowest BCUT2D eigenvalue weighted by Crippen LogP contribution is -2.40. The molecule has 26 heavy (non-hydrogen) atoms. The second-order valence-electron chi connectivity index (χ2n) is 6.49. The van der Waals surface area contributed by atoms with Crippen LogP contribution in [0.3, 0.4) is 0 Å². The van der Waals surface area contributed by atoms with Crippen LogP contribution in [0.5, 0.6) is 0 Å². The molecule has 0 fully saturated rings. The van der Waals surface area contributed by atoms with Gasteiger partial charge in [0.2, 0.25) is 5.91 Å². The predicted molar refractivity (Wildman–Crippen MR) is 105 cm³/mol. The van der Waals surface area contributed by atoms with Crippen molar-refractivity contribution >= 4 is 17.8 Å². The van der Waals surface area contributed by atoms with Crippen molar-refractivity contribution in [2.45, 2.75) is 39.8 Å². The summed E-state index contributed by atoms with van der Waals surface area (Å²) in [7, 11) is 3.46. The smallest absolute Gasteiger partial charge is 0.253 e. The van der Waals surface area contributed by atoms with E-state index in [4.69, 9.17) is 0 Å². The number of amides is 2. The highest BCUT2D eigenvalue weighted by Crippen LogP contribution is 2.07. The van der Waals surface area contributed by atoms with Crippen molar-refractivity contribution in [1.82, 2.24) is 20.9 Å². The third-order valence-corrected chi connectivity index (χ3v) is 3.47. The van der Waals surface area contributed by atoms with E-state index in [2.05, 4.69) is 20.9 Å². The van der Waals surface area contributed by atoms with Crippen LogP contribution in [0.4, 0.5) is 0 Å². The van der Waals surface area contributed by atoms with E-state index in [1.807, 2.05) is 45.0 Å². The fourth-order valence-electron chi connectivity index (χ4n) is 2.21. The van der Waals surface area contributed by atoms with E-state index in [-0.39, 0.29) is 17.9 Å². The molecular weight excluding hydrogens is 330 g/mol. The minimum absolute atomic E-state index is 0.0181. The first kappa shape index (κ1) is 21.5. The van der Waals surface area contributed by atoms with Gasteiger partial charge in [-0.1, -0.05) is 12.1 Å². The van der Waals surface area contributed by atoms with Crippen molar-refractivity contribution in [3.63, 3.8) is 0 Å². The molecule has 0 spiro atoms. The number of hydrogen-bond donors (Lipinski definition) is 3. The van der Waals surface area contributed by atoms with Gasteiger partial charge in [-0.05, 0) is 38.5 Å². The topological polar surface area (TPSA) is 85.8 Å². The van der Waals surface area contributed by atoms with Gasteiger partial charge in [-0.25, -0.2) is 4.99 Å². The Kier molecular flexibility index (Phi) is 9.19. The summed E-state index contributed by atoms with van der Waals surface area (Å²) >= 11 is 0. The fraction of sp³-hybridized carbons (Fsp3) is 0.526. The van der Waals surface area contributed by atoms with E-state index in [1.165, 1.54) is 0 Å². The maximum Gasteiger partial charge on any atom is 0.253 e. The zero-order valence-corrected chi connectivity index (χ0v) is 16.4. The fourth-order valence-corrected chi connectivity index (χ4v) is 2.21. The quantitative estimate of drug-likeness (QED) is 0.482. The van der Waals surface area contributed by atoms with E-state index in [0.29, 0.717) is 31.0 Å². The van der Waals surface area contributed by atoms with Gasteiger partial charge >= 0.3 is 0 Å². The van der Waals surface area contributed by atoms with Crippen LogP contribution in [0.1, 0.15) is 43.1 Å². The van der Waals surface area contributed by atoms with Gasteiger partial charge in [0.15, 0.2) is 5.96 Å². The maximum absolute atomic E-state index is 11.9. The first-order valence-corrected chi connectivity index (χ1v) is 8.95. The maximum atomic E-state index is 11.9. The zero-order chi connectivity index (χ0) is 19.5. The molecule has 3 N–H and O–H groups in total. The monoisotopic (exact) mass is 361 g/mol. The third kappa shape index (κ3) is 8.00. The van der Waals surface area contributed by atoms with Gasteiger partial charge in [-0.15, -0.1) is 0 Å². The molecule has 0 aromatic heterocycles. The normalized spacial score (nSPS) is 11.2. The van der Waals surface area contributed by atoms with Crippen LogP contribution < -0.4 is 16.0 Å². The Morgan fingerprint density at radius 3 is 2.31 bits per heavy atom. The Bertz CT molecular complexity index is 609. The first-order valence-electron chi connectivity index (χ1n) is 8.95. The average Bonchev–Trinajstić information content (AvgIpc) is 2.58. The lowest BCUT2D eigenvalue weighted by Gasteiger charge is -2.13. The van der Waals surface area contributed by atoms with Gasteiger partial charge in [0.1, 0.15) is 0 Å². The van der Waals surface area contributed by atoms with Gasteiger partial charge in [-0.3, -0.25) is 9.59 Å². The third-order valence-electron chi connectivity index (χ3n) is 3.47. The number of benzene rings is 1. The Labute approximate surface area is 156 Å². The molecule has 0 aliphatic rings. The molecule has 0 heterocycles. The molecule has 1 aromatic rings. The van der Waals surface area contributed by atoms with Crippen molar-refractivity contribution in [1.29, 1.82) is 0 Å². The van der Waals surface area contributed by atoms with Gasteiger partial charge in [0, 0.05) is 45.2 Å². The van der Waals surface area contributed by atoms with Gasteiger partial charge in [-0.2, -0.15) is 0 Å². The lowest BCUT2D eigenvalue weighted by atomic mass is 10.1. The molecule has 0 saturated carbocycles. The van der Waals surface area contributed by atoms with Crippen molar-refractivity contribution in [2.75, 3.05) is 27.2 Å². The summed E-state index contributed by atoms with van der Waals surface area (Å²) in [4.78, 5) is 29.6. The Morgan fingerprint density at radius 1 is 1.12 bits per heavy atom. The summed E-state index contributed by atoms with van der Waals surface area (Å²) in [6, 6.07) is 7.57. The van der Waals surface area contributed by atoms with Crippen LogP contribution in [-0.4, -0.2) is 55.9 Å². The van der Waals surface area contributed by atoms with Crippen molar-refractivity contribution in [2.24, 2.45) is 4.99 Å². The molecule has 1 rings (SSSR count). The van der Waals surface area contributed by atoms with Crippen LogP contribution in [0.15, 0.2) is 29.3 Å². The summed E-state index contributed by atoms with van der Waals surface area (Å²) in [5, 5.41) is 9.17. The molecule has 144 valence electrons. The Hall–Kier alpha value is -2.57. The van der Waals surface area contributed by atoms with E-state index in [1.54, 1.807) is 19.0 Å². The Morgan fingerprint density at radius 2 is 1.77 bits per heavy atom. The number of carbonyl (C=O) groups is 2. The molecule has 0 radical (unpaired) electrons. The summed E-state index contributed by atoms with van der Waals surface area (Å²) in [5.74, 6) is 0.664. The number of rotatable bonds is 8. The van der Waals surface area contributed by atoms with Gasteiger partial charge in [0.25, 0.3) is 5.91 Å². The average molecular weight is 361 g/mol. The molecule has 1 aromatic carbocycles. The van der Waals surface area contributed by atoms with Crippen LogP contribution in [0, 0.1) is 0 Å². The molecule has 0 saturated heterocycles. The lowest BCUT2D eigenvalue weighted by molar-refractivity contribution is -0.121. The predicted octanol–water partition coefficient (Wildman–Crippen LogP) is 1.36. The molecule has 0 bridgehead atoms. The van der Waals surface area contributed by atoms with Crippen molar-refractivity contribution in [3.8, 4) is 0 Å². The molecule has 0 aliphatic carbocycles. The van der Waals surface area contributed by atoms with Gasteiger partial charge in [0.05, 0.1) is 6.54 Å². The van der Waals surface area contributed by atoms with Crippen LogP contribution in [0.25, 0.3) is 0 Å². The second kappa shape index (κ2) is 11.1. The SMILES string of the molecule is CCNC(=NCc1ccc(C(=O)N(C)C)cc1)NCCC(=O)NC(C)C. The largest absolute Gasteiger partial charge is 0.357 e. The number of nitrogens with one attached hydrogen (secondary N) is 3. The minimum Gasteiger partial charge on any atom is -0.357 e. The summed E-state index contributed by atoms with van der Waals surface area (Å²) in [5.41, 5.74) is 1.67. The van der Waals surface area contributed by atoms with E-state index >= 15 is 0 Å². The molecule has 0 aliphatic heterocycles. The van der Waals surface area contributed by atoms with Crippen LogP contribution in [0.2, 0.25) is 0 Å². The van der Waals surface area contributed by atoms with E-state index < -0.39 is 0 Å². The van der Waals surface area contributed by atoms with Crippen molar-refractivity contribution in [3.05, 3.63) is 35.4 Å². The highest BCUT2D eigenvalue weighted by Gasteiger charge is 2.07. The van der Waals surface area contributed by atoms with E-state index in [9.17, 15) is 9.59 Å². The van der Waals surface area contributed by atoms with Crippen molar-refractivity contribution < 1.29 is 9.59 Å². The number of aliphatic imine (C=N–C) groups is 1. The summed E-state index contributed by atoms with van der Waals surface area (Å²) in [6.07, 6.45) is 0.393. The minimum atomic E-state index is -0.0188. The first-order chi connectivity index (χ1) is 12.3. The van der Waals surface area contributed by atoms with E-state index in [0.717, 1.165) is 12.1 Å². The molecular formula is C19H31N5O2. The number of guanidine groups is 1.